The van der Waals surface area contributed by atoms with Crippen LogP contribution in [0.2, 0.25) is 0 Å². The summed E-state index contributed by atoms with van der Waals surface area (Å²) >= 11 is 0. The number of sulfonamides is 1. The SMILES string of the molecule is CCOc1ccc(C)cc1S(=O)(=O)N1CCN(C(C)=O)CC1. The van der Waals surface area contributed by atoms with E-state index in [-0.39, 0.29) is 10.8 Å². The van der Waals surface area contributed by atoms with Gasteiger partial charge in [0.15, 0.2) is 0 Å². The first-order valence-electron chi connectivity index (χ1n) is 7.35. The molecule has 1 fully saturated rings. The molecule has 122 valence electrons. The van der Waals surface area contributed by atoms with Crippen LogP contribution in [0.25, 0.3) is 0 Å². The van der Waals surface area contributed by atoms with Crippen LogP contribution in [0, 0.1) is 6.92 Å². The molecule has 1 aromatic carbocycles. The summed E-state index contributed by atoms with van der Waals surface area (Å²) in [6.45, 7) is 7.03. The van der Waals surface area contributed by atoms with E-state index in [0.717, 1.165) is 5.56 Å². The third-order valence-electron chi connectivity index (χ3n) is 3.70. The van der Waals surface area contributed by atoms with Gasteiger partial charge < -0.3 is 9.64 Å². The molecule has 0 saturated carbocycles. The van der Waals surface area contributed by atoms with Crippen molar-refractivity contribution < 1.29 is 17.9 Å². The van der Waals surface area contributed by atoms with Crippen LogP contribution in [-0.2, 0) is 14.8 Å². The summed E-state index contributed by atoms with van der Waals surface area (Å²) in [4.78, 5) is 13.2. The highest BCUT2D eigenvalue weighted by Crippen LogP contribution is 2.28. The van der Waals surface area contributed by atoms with Gasteiger partial charge in [-0.3, -0.25) is 4.79 Å². The molecule has 0 unspecified atom stereocenters. The van der Waals surface area contributed by atoms with Crippen molar-refractivity contribution in [2.24, 2.45) is 0 Å². The Kier molecular flexibility index (Phi) is 5.08. The summed E-state index contributed by atoms with van der Waals surface area (Å²) in [6, 6.07) is 5.16. The molecule has 0 aromatic heterocycles. The summed E-state index contributed by atoms with van der Waals surface area (Å²) in [5, 5.41) is 0. The molecule has 1 aromatic rings. The molecule has 0 N–H and O–H groups in total. The van der Waals surface area contributed by atoms with Crippen molar-refractivity contribution in [1.82, 2.24) is 9.21 Å². The first-order valence-corrected chi connectivity index (χ1v) is 8.79. The normalized spacial score (nSPS) is 16.6. The number of hydrogen-bond acceptors (Lipinski definition) is 4. The minimum absolute atomic E-state index is 0.0254. The van der Waals surface area contributed by atoms with E-state index in [9.17, 15) is 13.2 Å². The molecular formula is C15H22N2O4S. The lowest BCUT2D eigenvalue weighted by Gasteiger charge is -2.33. The lowest BCUT2D eigenvalue weighted by Crippen LogP contribution is -2.49. The fourth-order valence-electron chi connectivity index (χ4n) is 2.47. The average Bonchev–Trinajstić information content (AvgIpc) is 2.49. The molecule has 1 aliphatic rings. The fourth-order valence-corrected chi connectivity index (χ4v) is 4.11. The Labute approximate surface area is 131 Å². The van der Waals surface area contributed by atoms with E-state index < -0.39 is 10.0 Å². The number of rotatable bonds is 4. The number of amides is 1. The summed E-state index contributed by atoms with van der Waals surface area (Å²) in [5.41, 5.74) is 0.865. The van der Waals surface area contributed by atoms with Gasteiger partial charge in [0.05, 0.1) is 6.61 Å². The third-order valence-corrected chi connectivity index (χ3v) is 5.62. The van der Waals surface area contributed by atoms with E-state index in [4.69, 9.17) is 4.74 Å². The Morgan fingerprint density at radius 1 is 1.23 bits per heavy atom. The van der Waals surface area contributed by atoms with Crippen molar-refractivity contribution in [2.75, 3.05) is 32.8 Å². The lowest BCUT2D eigenvalue weighted by molar-refractivity contribution is -0.129. The molecule has 1 heterocycles. The maximum atomic E-state index is 12.9. The van der Waals surface area contributed by atoms with Crippen molar-refractivity contribution in [3.05, 3.63) is 23.8 Å². The van der Waals surface area contributed by atoms with Crippen LogP contribution in [0.4, 0.5) is 0 Å². The van der Waals surface area contributed by atoms with Gasteiger partial charge in [0.2, 0.25) is 15.9 Å². The average molecular weight is 326 g/mol. The molecule has 2 rings (SSSR count). The summed E-state index contributed by atoms with van der Waals surface area (Å²) in [6.07, 6.45) is 0. The second-order valence-corrected chi connectivity index (χ2v) is 7.20. The molecule has 1 aliphatic heterocycles. The van der Waals surface area contributed by atoms with Gasteiger partial charge in [-0.25, -0.2) is 8.42 Å². The van der Waals surface area contributed by atoms with Crippen LogP contribution >= 0.6 is 0 Å². The highest BCUT2D eigenvalue weighted by molar-refractivity contribution is 7.89. The maximum absolute atomic E-state index is 12.9. The van der Waals surface area contributed by atoms with Crippen molar-refractivity contribution in [2.45, 2.75) is 25.7 Å². The molecular weight excluding hydrogens is 304 g/mol. The Balaban J connectivity index is 2.28. The number of hydrogen-bond donors (Lipinski definition) is 0. The second kappa shape index (κ2) is 6.66. The quantitative estimate of drug-likeness (QED) is 0.835. The minimum atomic E-state index is -3.62. The van der Waals surface area contributed by atoms with Crippen molar-refractivity contribution in [3.63, 3.8) is 0 Å². The van der Waals surface area contributed by atoms with E-state index in [1.165, 1.54) is 11.2 Å². The van der Waals surface area contributed by atoms with Crippen LogP contribution in [-0.4, -0.2) is 56.3 Å². The van der Waals surface area contributed by atoms with Gasteiger partial charge in [0, 0.05) is 33.1 Å². The Hall–Kier alpha value is -1.60. The monoisotopic (exact) mass is 326 g/mol. The number of ether oxygens (including phenoxy) is 1. The number of piperazine rings is 1. The van der Waals surface area contributed by atoms with Crippen molar-refractivity contribution >= 4 is 15.9 Å². The van der Waals surface area contributed by atoms with Gasteiger partial charge in [-0.2, -0.15) is 4.31 Å². The van der Waals surface area contributed by atoms with Crippen LogP contribution in [0.3, 0.4) is 0 Å². The molecule has 0 bridgehead atoms. The molecule has 7 heteroatoms. The van der Waals surface area contributed by atoms with Crippen LogP contribution in [0.5, 0.6) is 5.75 Å². The fraction of sp³-hybridized carbons (Fsp3) is 0.533. The molecule has 0 radical (unpaired) electrons. The van der Waals surface area contributed by atoms with E-state index in [1.807, 2.05) is 19.9 Å². The predicted octanol–water partition coefficient (Wildman–Crippen LogP) is 1.25. The van der Waals surface area contributed by atoms with Gasteiger partial charge in [-0.05, 0) is 31.5 Å². The molecule has 6 nitrogen and oxygen atoms in total. The standard InChI is InChI=1S/C15H22N2O4S/c1-4-21-14-6-5-12(2)11-15(14)22(19,20)17-9-7-16(8-10-17)13(3)18/h5-6,11H,4,7-10H2,1-3H3. The van der Waals surface area contributed by atoms with Gasteiger partial charge in [0.25, 0.3) is 0 Å². The van der Waals surface area contributed by atoms with Gasteiger partial charge in [-0.1, -0.05) is 6.07 Å². The maximum Gasteiger partial charge on any atom is 0.246 e. The largest absolute Gasteiger partial charge is 0.492 e. The Morgan fingerprint density at radius 3 is 2.41 bits per heavy atom. The topological polar surface area (TPSA) is 66.9 Å². The van der Waals surface area contributed by atoms with Gasteiger partial charge in [0.1, 0.15) is 10.6 Å². The Bertz CT molecular complexity index is 650. The van der Waals surface area contributed by atoms with Crippen LogP contribution in [0.15, 0.2) is 23.1 Å². The van der Waals surface area contributed by atoms with Crippen molar-refractivity contribution in [3.8, 4) is 5.75 Å². The van der Waals surface area contributed by atoms with E-state index in [2.05, 4.69) is 0 Å². The number of aryl methyl sites for hydroxylation is 1. The summed E-state index contributed by atoms with van der Waals surface area (Å²) in [5.74, 6) is 0.352. The van der Waals surface area contributed by atoms with E-state index in [0.29, 0.717) is 38.5 Å². The predicted molar refractivity (Wildman–Crippen MR) is 83.4 cm³/mol. The van der Waals surface area contributed by atoms with E-state index in [1.54, 1.807) is 17.0 Å². The minimum Gasteiger partial charge on any atom is -0.492 e. The first-order chi connectivity index (χ1) is 10.4. The van der Waals surface area contributed by atoms with Gasteiger partial charge >= 0.3 is 0 Å². The molecule has 1 amide bonds. The molecule has 0 spiro atoms. The van der Waals surface area contributed by atoms with Crippen LogP contribution < -0.4 is 4.74 Å². The molecule has 0 atom stereocenters. The number of nitrogens with zero attached hydrogens (tertiary/aromatic N) is 2. The number of benzene rings is 1. The first kappa shape index (κ1) is 16.8. The molecule has 0 aliphatic carbocycles. The molecule has 1 saturated heterocycles. The number of carbonyl (C=O) groups is 1. The third kappa shape index (κ3) is 3.41. The zero-order valence-corrected chi connectivity index (χ0v) is 14.0. The lowest BCUT2D eigenvalue weighted by atomic mass is 10.2. The van der Waals surface area contributed by atoms with Crippen molar-refractivity contribution in [1.29, 1.82) is 0 Å². The van der Waals surface area contributed by atoms with Crippen LogP contribution in [0.1, 0.15) is 19.4 Å². The highest BCUT2D eigenvalue weighted by Gasteiger charge is 2.31. The summed E-state index contributed by atoms with van der Waals surface area (Å²) in [7, 11) is -3.62. The second-order valence-electron chi connectivity index (χ2n) is 5.29. The number of carbonyl (C=O) groups excluding carboxylic acids is 1. The molecule has 22 heavy (non-hydrogen) atoms. The zero-order chi connectivity index (χ0) is 16.3. The highest BCUT2D eigenvalue weighted by atomic mass is 32.2. The zero-order valence-electron chi connectivity index (χ0n) is 13.2. The Morgan fingerprint density at radius 2 is 1.86 bits per heavy atom. The summed E-state index contributed by atoms with van der Waals surface area (Å²) < 4.78 is 32.6. The van der Waals surface area contributed by atoms with Gasteiger partial charge in [-0.15, -0.1) is 0 Å². The smallest absolute Gasteiger partial charge is 0.246 e. The van der Waals surface area contributed by atoms with E-state index >= 15 is 0 Å².